The number of hydrogen-bond acceptors (Lipinski definition) is 4. The Kier molecular flexibility index (Phi) is 6.78. The second-order valence-corrected chi connectivity index (χ2v) is 6.99. The Morgan fingerprint density at radius 3 is 2.17 bits per heavy atom. The molecule has 0 aromatic heterocycles. The Bertz CT molecular complexity index is 725. The molecule has 0 heterocycles. The minimum absolute atomic E-state index is 0.158. The lowest BCUT2D eigenvalue weighted by Gasteiger charge is -2.11. The van der Waals surface area contributed by atoms with Crippen LogP contribution in [0.3, 0.4) is 0 Å². The standard InChI is InChI=1S/C19H19IO4/c1-13(2)11-23-18(21)16-8-3-4-9-17(16)19(22)24-12-14-6-5-7-15(20)10-14/h3-10,13H,11-12H2,1-2H3. The van der Waals surface area contributed by atoms with E-state index in [0.717, 1.165) is 9.13 Å². The number of hydrogen-bond donors (Lipinski definition) is 0. The average molecular weight is 438 g/mol. The maximum absolute atomic E-state index is 12.3. The van der Waals surface area contributed by atoms with Crippen LogP contribution in [0, 0.1) is 9.49 Å². The monoisotopic (exact) mass is 438 g/mol. The first-order chi connectivity index (χ1) is 11.5. The van der Waals surface area contributed by atoms with Crippen LogP contribution in [0.2, 0.25) is 0 Å². The smallest absolute Gasteiger partial charge is 0.339 e. The van der Waals surface area contributed by atoms with Gasteiger partial charge in [-0.2, -0.15) is 0 Å². The summed E-state index contributed by atoms with van der Waals surface area (Å²) in [5, 5.41) is 0. The second-order valence-electron chi connectivity index (χ2n) is 5.74. The fourth-order valence-electron chi connectivity index (χ4n) is 2.01. The maximum atomic E-state index is 12.3. The van der Waals surface area contributed by atoms with Crippen molar-refractivity contribution in [2.75, 3.05) is 6.61 Å². The first-order valence-corrected chi connectivity index (χ1v) is 8.73. The van der Waals surface area contributed by atoms with E-state index in [1.165, 1.54) is 0 Å². The van der Waals surface area contributed by atoms with Crippen molar-refractivity contribution in [3.8, 4) is 0 Å². The van der Waals surface area contributed by atoms with E-state index in [1.807, 2.05) is 38.1 Å². The molecular formula is C19H19IO4. The minimum atomic E-state index is -0.536. The highest BCUT2D eigenvalue weighted by Crippen LogP contribution is 2.15. The lowest BCUT2D eigenvalue weighted by molar-refractivity contribution is 0.0418. The van der Waals surface area contributed by atoms with Gasteiger partial charge in [0.05, 0.1) is 17.7 Å². The fraction of sp³-hybridized carbons (Fsp3) is 0.263. The number of carbonyl (C=O) groups is 2. The molecule has 4 nitrogen and oxygen atoms in total. The topological polar surface area (TPSA) is 52.6 Å². The molecule has 2 rings (SSSR count). The van der Waals surface area contributed by atoms with Crippen LogP contribution in [0.25, 0.3) is 0 Å². The van der Waals surface area contributed by atoms with Gasteiger partial charge < -0.3 is 9.47 Å². The van der Waals surface area contributed by atoms with Gasteiger partial charge in [0.2, 0.25) is 0 Å². The van der Waals surface area contributed by atoms with Crippen molar-refractivity contribution >= 4 is 34.5 Å². The van der Waals surface area contributed by atoms with E-state index in [9.17, 15) is 9.59 Å². The third kappa shape index (κ3) is 5.33. The predicted molar refractivity (Wildman–Crippen MR) is 99.8 cm³/mol. The molecule has 0 aliphatic rings. The summed E-state index contributed by atoms with van der Waals surface area (Å²) in [6, 6.07) is 14.2. The summed E-state index contributed by atoms with van der Waals surface area (Å²) in [7, 11) is 0. The van der Waals surface area contributed by atoms with E-state index in [4.69, 9.17) is 9.47 Å². The Labute approximate surface area is 155 Å². The molecule has 0 aliphatic carbocycles. The molecule has 0 bridgehead atoms. The molecule has 0 unspecified atom stereocenters. The molecule has 0 saturated carbocycles. The highest BCUT2D eigenvalue weighted by molar-refractivity contribution is 14.1. The summed E-state index contributed by atoms with van der Waals surface area (Å²) in [6.45, 7) is 4.37. The summed E-state index contributed by atoms with van der Waals surface area (Å²) in [6.07, 6.45) is 0. The van der Waals surface area contributed by atoms with Crippen molar-refractivity contribution in [1.29, 1.82) is 0 Å². The van der Waals surface area contributed by atoms with Crippen LogP contribution in [0.1, 0.15) is 40.1 Å². The number of rotatable bonds is 6. The zero-order valence-electron chi connectivity index (χ0n) is 13.6. The molecule has 126 valence electrons. The Hall–Kier alpha value is -1.89. The molecule has 0 atom stereocenters. The average Bonchev–Trinajstić information content (AvgIpc) is 2.57. The number of halogens is 1. The third-order valence-corrected chi connectivity index (χ3v) is 3.84. The molecule has 5 heteroatoms. The van der Waals surface area contributed by atoms with Gasteiger partial charge in [-0.05, 0) is 58.3 Å². The van der Waals surface area contributed by atoms with Gasteiger partial charge in [0.1, 0.15) is 6.61 Å². The first kappa shape index (κ1) is 18.4. The molecule has 24 heavy (non-hydrogen) atoms. The zero-order chi connectivity index (χ0) is 17.5. The SMILES string of the molecule is CC(C)COC(=O)c1ccccc1C(=O)OCc1cccc(I)c1. The highest BCUT2D eigenvalue weighted by atomic mass is 127. The van der Waals surface area contributed by atoms with Crippen LogP contribution in [-0.4, -0.2) is 18.5 Å². The Morgan fingerprint density at radius 2 is 1.58 bits per heavy atom. The molecule has 0 radical (unpaired) electrons. The van der Waals surface area contributed by atoms with Crippen LogP contribution in [0.5, 0.6) is 0 Å². The Morgan fingerprint density at radius 1 is 0.958 bits per heavy atom. The zero-order valence-corrected chi connectivity index (χ0v) is 15.8. The summed E-state index contributed by atoms with van der Waals surface area (Å²) in [5.41, 5.74) is 1.35. The van der Waals surface area contributed by atoms with Crippen molar-refractivity contribution in [2.45, 2.75) is 20.5 Å². The molecule has 0 spiro atoms. The van der Waals surface area contributed by atoms with Gasteiger partial charge in [-0.25, -0.2) is 9.59 Å². The van der Waals surface area contributed by atoms with Crippen LogP contribution < -0.4 is 0 Å². The molecule has 0 amide bonds. The van der Waals surface area contributed by atoms with Crippen molar-refractivity contribution in [1.82, 2.24) is 0 Å². The summed E-state index contributed by atoms with van der Waals surface area (Å²) < 4.78 is 11.6. The molecule has 0 N–H and O–H groups in total. The third-order valence-electron chi connectivity index (χ3n) is 3.17. The normalized spacial score (nSPS) is 10.5. The molecule has 2 aromatic rings. The minimum Gasteiger partial charge on any atom is -0.462 e. The van der Waals surface area contributed by atoms with Gasteiger partial charge in [-0.1, -0.05) is 38.1 Å². The van der Waals surface area contributed by atoms with Crippen LogP contribution in [-0.2, 0) is 16.1 Å². The molecular weight excluding hydrogens is 419 g/mol. The largest absolute Gasteiger partial charge is 0.462 e. The predicted octanol–water partition coefficient (Wildman–Crippen LogP) is 4.46. The first-order valence-electron chi connectivity index (χ1n) is 7.65. The lowest BCUT2D eigenvalue weighted by Crippen LogP contribution is -2.15. The van der Waals surface area contributed by atoms with Gasteiger partial charge >= 0.3 is 11.9 Å². The summed E-state index contributed by atoms with van der Waals surface area (Å²) in [5.74, 6) is -0.815. The van der Waals surface area contributed by atoms with E-state index in [-0.39, 0.29) is 23.7 Å². The van der Waals surface area contributed by atoms with Crippen molar-refractivity contribution in [2.24, 2.45) is 5.92 Å². The van der Waals surface area contributed by atoms with Crippen molar-refractivity contribution in [3.63, 3.8) is 0 Å². The Balaban J connectivity index is 2.07. The van der Waals surface area contributed by atoms with Crippen LogP contribution in [0.4, 0.5) is 0 Å². The van der Waals surface area contributed by atoms with Gasteiger partial charge in [0, 0.05) is 3.57 Å². The summed E-state index contributed by atoms with van der Waals surface area (Å²) >= 11 is 2.20. The molecule has 0 fully saturated rings. The van der Waals surface area contributed by atoms with Gasteiger partial charge in [0.15, 0.2) is 0 Å². The van der Waals surface area contributed by atoms with E-state index < -0.39 is 11.9 Å². The van der Waals surface area contributed by atoms with Crippen LogP contribution >= 0.6 is 22.6 Å². The van der Waals surface area contributed by atoms with E-state index in [2.05, 4.69) is 22.6 Å². The fourth-order valence-corrected chi connectivity index (χ4v) is 2.62. The second kappa shape index (κ2) is 8.82. The number of benzene rings is 2. The van der Waals surface area contributed by atoms with Gasteiger partial charge in [-0.3, -0.25) is 0 Å². The number of carbonyl (C=O) groups excluding carboxylic acids is 2. The number of esters is 2. The van der Waals surface area contributed by atoms with Crippen molar-refractivity contribution in [3.05, 3.63) is 68.8 Å². The van der Waals surface area contributed by atoms with Gasteiger partial charge in [0.25, 0.3) is 0 Å². The highest BCUT2D eigenvalue weighted by Gasteiger charge is 2.19. The maximum Gasteiger partial charge on any atom is 0.339 e. The molecule has 0 saturated heterocycles. The van der Waals surface area contributed by atoms with Gasteiger partial charge in [-0.15, -0.1) is 0 Å². The quantitative estimate of drug-likeness (QED) is 0.494. The summed E-state index contributed by atoms with van der Waals surface area (Å²) in [4.78, 5) is 24.5. The van der Waals surface area contributed by atoms with E-state index in [0.29, 0.717) is 6.61 Å². The van der Waals surface area contributed by atoms with Crippen LogP contribution in [0.15, 0.2) is 48.5 Å². The van der Waals surface area contributed by atoms with E-state index in [1.54, 1.807) is 24.3 Å². The van der Waals surface area contributed by atoms with E-state index >= 15 is 0 Å². The number of ether oxygens (including phenoxy) is 2. The molecule has 0 aliphatic heterocycles. The van der Waals surface area contributed by atoms with Crippen molar-refractivity contribution < 1.29 is 19.1 Å². The molecule has 2 aromatic carbocycles. The lowest BCUT2D eigenvalue weighted by atomic mass is 10.1.